The molecule has 0 spiro atoms. The van der Waals surface area contributed by atoms with E-state index < -0.39 is 16.1 Å². The summed E-state index contributed by atoms with van der Waals surface area (Å²) >= 11 is 0. The second-order valence-electron chi connectivity index (χ2n) is 5.48. The van der Waals surface area contributed by atoms with Gasteiger partial charge in [0.25, 0.3) is 0 Å². The molecule has 0 radical (unpaired) electrons. The van der Waals surface area contributed by atoms with Gasteiger partial charge in [0.1, 0.15) is 0 Å². The first kappa shape index (κ1) is 15.2. The zero-order valence-electron chi connectivity index (χ0n) is 11.7. The largest absolute Gasteiger partial charge is 0.390 e. The first-order valence-corrected chi connectivity index (χ1v) is 8.69. The van der Waals surface area contributed by atoms with E-state index in [1.165, 1.54) is 10.6 Å². The molecule has 0 aromatic heterocycles. The van der Waals surface area contributed by atoms with Crippen LogP contribution in [-0.4, -0.2) is 80.5 Å². The van der Waals surface area contributed by atoms with Crippen LogP contribution in [0.15, 0.2) is 0 Å². The molecule has 0 bridgehead atoms. The van der Waals surface area contributed by atoms with E-state index in [9.17, 15) is 13.5 Å². The average Bonchev–Trinajstić information content (AvgIpc) is 2.38. The Hall–Kier alpha value is -0.210. The van der Waals surface area contributed by atoms with E-state index in [1.807, 2.05) is 0 Å². The number of nitrogens with zero attached hydrogens (tertiary/aromatic N) is 2. The van der Waals surface area contributed by atoms with Crippen molar-refractivity contribution in [2.24, 2.45) is 0 Å². The molecule has 1 saturated heterocycles. The van der Waals surface area contributed by atoms with Crippen molar-refractivity contribution in [3.63, 3.8) is 0 Å². The molecule has 1 aliphatic heterocycles. The van der Waals surface area contributed by atoms with E-state index in [2.05, 4.69) is 4.90 Å². The number of ether oxygens (including phenoxy) is 1. The lowest BCUT2D eigenvalue weighted by atomic mass is 9.87. The summed E-state index contributed by atoms with van der Waals surface area (Å²) in [5, 5.41) is 10.5. The second kappa shape index (κ2) is 6.05. The van der Waals surface area contributed by atoms with E-state index in [-0.39, 0.29) is 12.1 Å². The van der Waals surface area contributed by atoms with Gasteiger partial charge in [-0.1, -0.05) is 6.42 Å². The molecule has 1 N–H and O–H groups in total. The Morgan fingerprint density at radius 2 is 1.89 bits per heavy atom. The van der Waals surface area contributed by atoms with Gasteiger partial charge in [-0.3, -0.25) is 4.90 Å². The quantitative estimate of drug-likeness (QED) is 0.759. The lowest BCUT2D eigenvalue weighted by molar-refractivity contribution is -0.0554. The van der Waals surface area contributed by atoms with E-state index in [0.29, 0.717) is 13.2 Å². The first-order valence-electron chi connectivity index (χ1n) is 6.84. The van der Waals surface area contributed by atoms with E-state index >= 15 is 0 Å². The Kier molecular flexibility index (Phi) is 4.84. The maximum Gasteiger partial charge on any atom is 0.211 e. The van der Waals surface area contributed by atoms with Crippen LogP contribution in [0.3, 0.4) is 0 Å². The third kappa shape index (κ3) is 3.46. The predicted octanol–water partition coefficient (Wildman–Crippen LogP) is -0.508. The number of hydrogen-bond acceptors (Lipinski definition) is 5. The number of aliphatic hydroxyl groups excluding tert-OH is 1. The van der Waals surface area contributed by atoms with Crippen LogP contribution >= 0.6 is 0 Å². The van der Waals surface area contributed by atoms with Crippen molar-refractivity contribution >= 4 is 10.0 Å². The number of rotatable bonds is 3. The van der Waals surface area contributed by atoms with Gasteiger partial charge in [-0.2, -0.15) is 4.31 Å². The fourth-order valence-corrected chi connectivity index (χ4v) is 3.81. The molecular formula is C12H24N2O4S. The smallest absolute Gasteiger partial charge is 0.211 e. The van der Waals surface area contributed by atoms with Gasteiger partial charge in [-0.05, 0) is 12.8 Å². The molecule has 0 amide bonds. The van der Waals surface area contributed by atoms with Crippen LogP contribution < -0.4 is 0 Å². The Morgan fingerprint density at radius 3 is 2.47 bits per heavy atom. The summed E-state index contributed by atoms with van der Waals surface area (Å²) in [6.07, 6.45) is 3.18. The molecule has 0 aromatic rings. The fraction of sp³-hybridized carbons (Fsp3) is 1.00. The Labute approximate surface area is 115 Å². The predicted molar refractivity (Wildman–Crippen MR) is 72.4 cm³/mol. The van der Waals surface area contributed by atoms with Crippen molar-refractivity contribution in [2.45, 2.75) is 37.5 Å². The SMILES string of the molecule is CN([C@@H]1CCC[C@@H](N2CCOCC2)[C@@H]1O)S(C)(=O)=O. The molecule has 7 heteroatoms. The Morgan fingerprint density at radius 1 is 1.26 bits per heavy atom. The van der Waals surface area contributed by atoms with Crippen LogP contribution in [0.2, 0.25) is 0 Å². The summed E-state index contributed by atoms with van der Waals surface area (Å²) in [7, 11) is -1.70. The highest BCUT2D eigenvalue weighted by Gasteiger charge is 2.39. The van der Waals surface area contributed by atoms with Crippen molar-refractivity contribution < 1.29 is 18.3 Å². The Balaban J connectivity index is 2.07. The topological polar surface area (TPSA) is 70.1 Å². The molecular weight excluding hydrogens is 268 g/mol. The average molecular weight is 292 g/mol. The summed E-state index contributed by atoms with van der Waals surface area (Å²) in [5.41, 5.74) is 0. The lowest BCUT2D eigenvalue weighted by Crippen LogP contribution is -2.58. The van der Waals surface area contributed by atoms with Gasteiger partial charge < -0.3 is 9.84 Å². The van der Waals surface area contributed by atoms with Crippen LogP contribution in [0, 0.1) is 0 Å². The normalized spacial score (nSPS) is 34.6. The van der Waals surface area contributed by atoms with Crippen LogP contribution in [0.1, 0.15) is 19.3 Å². The van der Waals surface area contributed by atoms with Crippen molar-refractivity contribution in [1.29, 1.82) is 0 Å². The summed E-state index contributed by atoms with van der Waals surface area (Å²) < 4.78 is 29.9. The molecule has 19 heavy (non-hydrogen) atoms. The van der Waals surface area contributed by atoms with Gasteiger partial charge in [-0.25, -0.2) is 8.42 Å². The van der Waals surface area contributed by atoms with E-state index in [1.54, 1.807) is 7.05 Å². The minimum absolute atomic E-state index is 0.0480. The number of sulfonamides is 1. The summed E-state index contributed by atoms with van der Waals surface area (Å²) in [5.74, 6) is 0. The van der Waals surface area contributed by atoms with E-state index in [0.717, 1.165) is 32.4 Å². The number of hydrogen-bond donors (Lipinski definition) is 1. The van der Waals surface area contributed by atoms with Crippen molar-refractivity contribution in [1.82, 2.24) is 9.21 Å². The number of aliphatic hydroxyl groups is 1. The maximum atomic E-state index is 11.6. The molecule has 0 aromatic carbocycles. The van der Waals surface area contributed by atoms with E-state index in [4.69, 9.17) is 4.74 Å². The minimum Gasteiger partial charge on any atom is -0.390 e. The number of likely N-dealkylation sites (N-methyl/N-ethyl adjacent to an activating group) is 1. The summed E-state index contributed by atoms with van der Waals surface area (Å²) in [6.45, 7) is 3.01. The van der Waals surface area contributed by atoms with Gasteiger partial charge in [0, 0.05) is 26.2 Å². The van der Waals surface area contributed by atoms with Gasteiger partial charge in [-0.15, -0.1) is 0 Å². The lowest BCUT2D eigenvalue weighted by Gasteiger charge is -2.44. The van der Waals surface area contributed by atoms with Crippen LogP contribution in [-0.2, 0) is 14.8 Å². The summed E-state index contributed by atoms with van der Waals surface area (Å²) in [4.78, 5) is 2.23. The molecule has 2 fully saturated rings. The molecule has 1 heterocycles. The second-order valence-corrected chi connectivity index (χ2v) is 7.53. The number of morpholine rings is 1. The molecule has 2 aliphatic rings. The molecule has 0 unspecified atom stereocenters. The highest BCUT2D eigenvalue weighted by Crippen LogP contribution is 2.28. The Bertz CT molecular complexity index is 395. The molecule has 2 rings (SSSR count). The third-order valence-corrected chi connectivity index (χ3v) is 5.61. The van der Waals surface area contributed by atoms with Gasteiger partial charge in [0.15, 0.2) is 0 Å². The standard InChI is InChI=1S/C12H24N2O4S/c1-13(19(2,16)17)10-4-3-5-11(12(10)15)14-6-8-18-9-7-14/h10-12,15H,3-9H2,1-2H3/t10-,11-,12-/m1/s1. The van der Waals surface area contributed by atoms with Crippen molar-refractivity contribution in [3.05, 3.63) is 0 Å². The zero-order chi connectivity index (χ0) is 14.0. The minimum atomic E-state index is -3.26. The fourth-order valence-electron chi connectivity index (χ4n) is 3.08. The van der Waals surface area contributed by atoms with Gasteiger partial charge in [0.05, 0.1) is 31.6 Å². The highest BCUT2D eigenvalue weighted by molar-refractivity contribution is 7.88. The van der Waals surface area contributed by atoms with Crippen LogP contribution in [0.4, 0.5) is 0 Å². The zero-order valence-corrected chi connectivity index (χ0v) is 12.5. The molecule has 112 valence electrons. The molecule has 6 nitrogen and oxygen atoms in total. The molecule has 3 atom stereocenters. The highest BCUT2D eigenvalue weighted by atomic mass is 32.2. The molecule has 1 aliphatic carbocycles. The summed E-state index contributed by atoms with van der Waals surface area (Å²) in [6, 6.07) is -0.261. The third-order valence-electron chi connectivity index (χ3n) is 4.29. The van der Waals surface area contributed by atoms with Crippen molar-refractivity contribution in [2.75, 3.05) is 39.6 Å². The van der Waals surface area contributed by atoms with Gasteiger partial charge in [0.2, 0.25) is 10.0 Å². The maximum absolute atomic E-state index is 11.6. The molecule has 1 saturated carbocycles. The van der Waals surface area contributed by atoms with Gasteiger partial charge >= 0.3 is 0 Å². The van der Waals surface area contributed by atoms with Crippen LogP contribution in [0.5, 0.6) is 0 Å². The van der Waals surface area contributed by atoms with Crippen LogP contribution in [0.25, 0.3) is 0 Å². The monoisotopic (exact) mass is 292 g/mol. The first-order chi connectivity index (χ1) is 8.91. The van der Waals surface area contributed by atoms with Crippen molar-refractivity contribution in [3.8, 4) is 0 Å².